The van der Waals surface area contributed by atoms with Gasteiger partial charge in [-0.2, -0.15) is 0 Å². The highest BCUT2D eigenvalue weighted by Crippen LogP contribution is 2.71. The number of fused-ring (bicyclic) bond motifs is 2. The number of benzene rings is 2. The molecule has 2 aliphatic rings. The molecular weight excluding hydrogens is 456 g/mol. The molecule has 11 heteroatoms. The Morgan fingerprint density at radius 1 is 0.914 bits per heavy atom. The van der Waals surface area contributed by atoms with E-state index in [2.05, 4.69) is 10.5 Å². The minimum atomic E-state index is -0.803. The van der Waals surface area contributed by atoms with E-state index in [1.165, 1.54) is 48.5 Å². The lowest BCUT2D eigenvalue weighted by Crippen LogP contribution is -2.43. The summed E-state index contributed by atoms with van der Waals surface area (Å²) in [4.78, 5) is 51.8. The largest absolute Gasteiger partial charge is 0.365 e. The fraction of sp³-hybridized carbons (Fsp3) is 0.375. The number of rotatable bonds is 6. The Hall–Kier alpha value is -4.15. The van der Waals surface area contributed by atoms with Gasteiger partial charge >= 0.3 is 5.97 Å². The van der Waals surface area contributed by atoms with E-state index >= 15 is 0 Å². The summed E-state index contributed by atoms with van der Waals surface area (Å²) >= 11 is 0. The van der Waals surface area contributed by atoms with E-state index in [-0.39, 0.29) is 22.8 Å². The average Bonchev–Trinajstić information content (AvgIpc) is 3.13. The van der Waals surface area contributed by atoms with Gasteiger partial charge in [0.1, 0.15) is 0 Å². The van der Waals surface area contributed by atoms with Crippen LogP contribution in [-0.2, 0) is 9.63 Å². The van der Waals surface area contributed by atoms with Gasteiger partial charge in [-0.25, -0.2) is 4.79 Å². The van der Waals surface area contributed by atoms with Crippen LogP contribution >= 0.6 is 0 Å². The first-order chi connectivity index (χ1) is 16.4. The number of nitrogens with one attached hydrogen (secondary N) is 1. The van der Waals surface area contributed by atoms with Crippen LogP contribution in [0.1, 0.15) is 50.4 Å². The highest BCUT2D eigenvalue weighted by Gasteiger charge is 2.71. The molecule has 0 spiro atoms. The molecule has 2 aliphatic carbocycles. The number of nitro benzene ring substituents is 2. The molecule has 2 fully saturated rings. The number of oxime groups is 1. The molecular formula is C24H24N4O7. The Bertz CT molecular complexity index is 1250. The summed E-state index contributed by atoms with van der Waals surface area (Å²) in [7, 11) is 0. The highest BCUT2D eigenvalue weighted by atomic mass is 16.7. The Balaban J connectivity index is 1.54. The van der Waals surface area contributed by atoms with Crippen molar-refractivity contribution >= 4 is 34.7 Å². The van der Waals surface area contributed by atoms with Gasteiger partial charge in [-0.1, -0.05) is 25.9 Å². The third kappa shape index (κ3) is 3.72. The van der Waals surface area contributed by atoms with Gasteiger partial charge in [0.25, 0.3) is 11.4 Å². The molecule has 2 unspecified atom stereocenters. The van der Waals surface area contributed by atoms with E-state index in [1.807, 2.05) is 20.8 Å². The number of carbonyl (C=O) groups excluding carboxylic acids is 2. The molecule has 2 aromatic rings. The predicted molar refractivity (Wildman–Crippen MR) is 126 cm³/mol. The van der Waals surface area contributed by atoms with Crippen molar-refractivity contribution in [3.8, 4) is 0 Å². The van der Waals surface area contributed by atoms with Crippen molar-refractivity contribution < 1.29 is 24.3 Å². The molecule has 11 nitrogen and oxygen atoms in total. The lowest BCUT2D eigenvalue weighted by molar-refractivity contribution is -0.385. The molecule has 0 aliphatic heterocycles. The summed E-state index contributed by atoms with van der Waals surface area (Å²) < 4.78 is 0. The summed E-state index contributed by atoms with van der Waals surface area (Å²) in [5.41, 5.74) is -0.840. The number of hydrogen-bond acceptors (Lipinski definition) is 8. The number of amides is 1. The molecule has 4 rings (SSSR count). The first-order valence-electron chi connectivity index (χ1n) is 11.0. The van der Waals surface area contributed by atoms with Gasteiger partial charge in [0.05, 0.1) is 26.5 Å². The number of hydrogen-bond donors (Lipinski definition) is 1. The Labute approximate surface area is 200 Å². The van der Waals surface area contributed by atoms with Crippen LogP contribution in [0.3, 0.4) is 0 Å². The minimum Gasteiger partial charge on any atom is -0.326 e. The maximum atomic E-state index is 13.5. The third-order valence-electron chi connectivity index (χ3n) is 8.06. The summed E-state index contributed by atoms with van der Waals surface area (Å²) in [5.74, 6) is -0.965. The smallest absolute Gasteiger partial charge is 0.326 e. The SMILES string of the molecule is CC12CCC(C(=O)Nc3ccc([N+](=O)[O-])cc3)(CC1=NOC(=O)c1ccc([N+](=O)[O-])cc1)C2(C)C. The maximum absolute atomic E-state index is 13.5. The number of non-ortho nitro benzene ring substituents is 2. The molecule has 0 saturated heterocycles. The van der Waals surface area contributed by atoms with Gasteiger partial charge in [0.15, 0.2) is 0 Å². The van der Waals surface area contributed by atoms with E-state index in [0.29, 0.717) is 30.7 Å². The van der Waals surface area contributed by atoms with Crippen molar-refractivity contribution in [2.45, 2.75) is 40.0 Å². The van der Waals surface area contributed by atoms with Crippen LogP contribution in [0, 0.1) is 36.5 Å². The second kappa shape index (κ2) is 8.26. The molecule has 2 atom stereocenters. The Kier molecular flexibility index (Phi) is 5.66. The van der Waals surface area contributed by atoms with Gasteiger partial charge < -0.3 is 10.2 Å². The molecule has 182 valence electrons. The molecule has 2 bridgehead atoms. The quantitative estimate of drug-likeness (QED) is 0.351. The first-order valence-corrected chi connectivity index (χ1v) is 11.0. The first kappa shape index (κ1) is 24.0. The summed E-state index contributed by atoms with van der Waals surface area (Å²) in [5, 5.41) is 28.7. The van der Waals surface area contributed by atoms with Crippen molar-refractivity contribution in [1.29, 1.82) is 0 Å². The van der Waals surface area contributed by atoms with Gasteiger partial charge in [-0.3, -0.25) is 25.0 Å². The van der Waals surface area contributed by atoms with Crippen LogP contribution in [0.4, 0.5) is 17.1 Å². The van der Waals surface area contributed by atoms with Crippen molar-refractivity contribution in [3.63, 3.8) is 0 Å². The van der Waals surface area contributed by atoms with E-state index in [0.717, 1.165) is 0 Å². The van der Waals surface area contributed by atoms with Gasteiger partial charge in [0, 0.05) is 41.8 Å². The Morgan fingerprint density at radius 2 is 1.46 bits per heavy atom. The van der Waals surface area contributed by atoms with Gasteiger partial charge in [0.2, 0.25) is 5.91 Å². The maximum Gasteiger partial charge on any atom is 0.365 e. The molecule has 1 amide bonds. The second-order valence-electron chi connectivity index (χ2n) is 9.69. The zero-order valence-corrected chi connectivity index (χ0v) is 19.4. The monoisotopic (exact) mass is 480 g/mol. The zero-order chi connectivity index (χ0) is 25.6. The van der Waals surface area contributed by atoms with Crippen molar-refractivity contribution in [3.05, 3.63) is 74.3 Å². The van der Waals surface area contributed by atoms with Crippen LogP contribution in [0.25, 0.3) is 0 Å². The van der Waals surface area contributed by atoms with E-state index in [1.54, 1.807) is 0 Å². The molecule has 2 aromatic carbocycles. The fourth-order valence-corrected chi connectivity index (χ4v) is 5.31. The van der Waals surface area contributed by atoms with E-state index in [9.17, 15) is 29.8 Å². The van der Waals surface area contributed by atoms with E-state index in [4.69, 9.17) is 4.84 Å². The molecule has 0 heterocycles. The Morgan fingerprint density at radius 3 is 2.00 bits per heavy atom. The molecule has 35 heavy (non-hydrogen) atoms. The fourth-order valence-electron chi connectivity index (χ4n) is 5.31. The van der Waals surface area contributed by atoms with Crippen molar-refractivity contribution in [2.24, 2.45) is 21.4 Å². The molecule has 0 radical (unpaired) electrons. The van der Waals surface area contributed by atoms with E-state index < -0.39 is 32.1 Å². The molecule has 2 saturated carbocycles. The zero-order valence-electron chi connectivity index (χ0n) is 19.4. The lowest BCUT2D eigenvalue weighted by Gasteiger charge is -2.39. The average molecular weight is 480 g/mol. The van der Waals surface area contributed by atoms with Crippen molar-refractivity contribution in [1.82, 2.24) is 0 Å². The highest BCUT2D eigenvalue weighted by molar-refractivity contribution is 6.06. The van der Waals surface area contributed by atoms with Crippen LogP contribution in [0.15, 0.2) is 53.7 Å². The van der Waals surface area contributed by atoms with Crippen molar-refractivity contribution in [2.75, 3.05) is 5.32 Å². The standard InChI is InChI=1S/C24H24N4O7/c1-22(2)23(3)12-13-24(22,21(30)25-16-6-10-18(11-7-16)28(33)34)14-19(23)26-35-20(29)15-4-8-17(9-5-15)27(31)32/h4-11H,12-14H2,1-3H3,(H,25,30). The van der Waals surface area contributed by atoms with Crippen LogP contribution in [-0.4, -0.2) is 27.4 Å². The summed E-state index contributed by atoms with van der Waals surface area (Å²) in [6.07, 6.45) is 1.58. The third-order valence-corrected chi connectivity index (χ3v) is 8.06. The van der Waals surface area contributed by atoms with Gasteiger partial charge in [-0.05, 0) is 42.5 Å². The lowest BCUT2D eigenvalue weighted by atomic mass is 9.64. The minimum absolute atomic E-state index is 0.0694. The molecule has 1 N–H and O–H groups in total. The number of nitrogens with zero attached hydrogens (tertiary/aromatic N) is 3. The number of carbonyl (C=O) groups is 2. The second-order valence-corrected chi connectivity index (χ2v) is 9.69. The number of nitro groups is 2. The van der Waals surface area contributed by atoms with Gasteiger partial charge in [-0.15, -0.1) is 0 Å². The normalized spacial score (nSPS) is 25.3. The predicted octanol–water partition coefficient (Wildman–Crippen LogP) is 4.87. The van der Waals surface area contributed by atoms with Crippen LogP contribution in [0.5, 0.6) is 0 Å². The number of anilines is 1. The summed E-state index contributed by atoms with van der Waals surface area (Å²) in [6, 6.07) is 10.7. The van der Waals surface area contributed by atoms with Crippen LogP contribution in [0.2, 0.25) is 0 Å². The summed E-state index contributed by atoms with van der Waals surface area (Å²) in [6.45, 7) is 5.99. The molecule has 0 aromatic heterocycles. The topological polar surface area (TPSA) is 154 Å². The van der Waals surface area contributed by atoms with Crippen LogP contribution < -0.4 is 5.32 Å².